The van der Waals surface area contributed by atoms with Gasteiger partial charge >= 0.3 is 0 Å². The second-order valence-corrected chi connectivity index (χ2v) is 14.5. The molecule has 3 fully saturated rings. The SMILES string of the molecule is CN1CC(C)(C)CC1C(=O)N[C@@H]1CC[C@@H](Oc2cccc(C(=O)NS(C)(=O)=O)c2-c2cccc(F)c2C2CCC2)C1. The predicted octanol–water partition coefficient (Wildman–Crippen LogP) is 4.60. The fourth-order valence-corrected chi connectivity index (χ4v) is 7.11. The Balaban J connectivity index is 1.41. The van der Waals surface area contributed by atoms with Gasteiger partial charge in [0.25, 0.3) is 5.91 Å². The number of ether oxygens (including phenoxy) is 1. The Morgan fingerprint density at radius 3 is 2.44 bits per heavy atom. The number of likely N-dealkylation sites (N-methyl/N-ethyl adjacent to an activating group) is 1. The minimum absolute atomic E-state index is 0.0230. The van der Waals surface area contributed by atoms with Crippen LogP contribution in [0.15, 0.2) is 36.4 Å². The molecule has 3 aliphatic rings. The Morgan fingerprint density at radius 2 is 1.80 bits per heavy atom. The quantitative estimate of drug-likeness (QED) is 0.470. The molecule has 1 unspecified atom stereocenters. The molecule has 222 valence electrons. The number of rotatable bonds is 8. The van der Waals surface area contributed by atoms with E-state index in [1.807, 2.05) is 7.05 Å². The summed E-state index contributed by atoms with van der Waals surface area (Å²) in [5.74, 6) is -0.688. The molecule has 41 heavy (non-hydrogen) atoms. The van der Waals surface area contributed by atoms with Gasteiger partial charge in [-0.15, -0.1) is 0 Å². The summed E-state index contributed by atoms with van der Waals surface area (Å²) in [7, 11) is -1.84. The molecule has 1 saturated heterocycles. The van der Waals surface area contributed by atoms with E-state index in [1.165, 1.54) is 12.1 Å². The van der Waals surface area contributed by atoms with Gasteiger partial charge in [-0.25, -0.2) is 17.5 Å². The van der Waals surface area contributed by atoms with Crippen molar-refractivity contribution in [3.05, 3.63) is 53.3 Å². The van der Waals surface area contributed by atoms with Crippen LogP contribution >= 0.6 is 0 Å². The average molecular weight is 586 g/mol. The summed E-state index contributed by atoms with van der Waals surface area (Å²) in [5.41, 5.74) is 1.66. The monoisotopic (exact) mass is 585 g/mol. The van der Waals surface area contributed by atoms with Crippen LogP contribution in [0, 0.1) is 11.2 Å². The molecule has 0 aromatic heterocycles. The molecule has 8 nitrogen and oxygen atoms in total. The van der Waals surface area contributed by atoms with E-state index < -0.39 is 15.9 Å². The first kappa shape index (κ1) is 29.5. The van der Waals surface area contributed by atoms with Crippen LogP contribution in [-0.4, -0.2) is 63.2 Å². The number of carbonyl (C=O) groups excluding carboxylic acids is 2. The standard InChI is InChI=1S/C31H40FN3O5S/c1-31(2)17-25(35(3)18-31)30(37)33-20-14-15-21(16-20)40-26-13-7-11-23(29(36)34-41(4,38)39)28(26)22-10-6-12-24(32)27(22)19-8-5-9-19/h6-7,10-13,19-21,25H,5,8-9,14-18H2,1-4H3,(H,33,37)(H,34,36)/t20-,21-,25?/m1/s1. The highest BCUT2D eigenvalue weighted by Gasteiger charge is 2.40. The van der Waals surface area contributed by atoms with E-state index in [-0.39, 0.29) is 46.8 Å². The molecule has 1 heterocycles. The molecule has 10 heteroatoms. The van der Waals surface area contributed by atoms with Gasteiger partial charge in [-0.2, -0.15) is 0 Å². The molecule has 2 aromatic carbocycles. The van der Waals surface area contributed by atoms with E-state index in [0.717, 1.165) is 44.9 Å². The van der Waals surface area contributed by atoms with E-state index >= 15 is 4.39 Å². The summed E-state index contributed by atoms with van der Waals surface area (Å²) >= 11 is 0. The lowest BCUT2D eigenvalue weighted by Crippen LogP contribution is -2.45. The lowest BCUT2D eigenvalue weighted by molar-refractivity contribution is -0.125. The highest BCUT2D eigenvalue weighted by Crippen LogP contribution is 2.46. The molecule has 1 aliphatic heterocycles. The summed E-state index contributed by atoms with van der Waals surface area (Å²) < 4.78 is 47.6. The smallest absolute Gasteiger partial charge is 0.265 e. The van der Waals surface area contributed by atoms with Crippen molar-refractivity contribution in [3.8, 4) is 16.9 Å². The molecule has 2 N–H and O–H groups in total. The Morgan fingerprint density at radius 1 is 1.07 bits per heavy atom. The molecule has 0 spiro atoms. The molecule has 3 atom stereocenters. The first-order valence-corrected chi connectivity index (χ1v) is 16.3. The number of carbonyl (C=O) groups is 2. The number of hydrogen-bond donors (Lipinski definition) is 2. The number of nitrogens with one attached hydrogen (secondary N) is 2. The Labute approximate surface area is 242 Å². The summed E-state index contributed by atoms with van der Waals surface area (Å²) in [5, 5.41) is 3.21. The van der Waals surface area contributed by atoms with Crippen molar-refractivity contribution in [3.63, 3.8) is 0 Å². The maximum atomic E-state index is 15.2. The zero-order valence-corrected chi connectivity index (χ0v) is 25.0. The van der Waals surface area contributed by atoms with Crippen LogP contribution < -0.4 is 14.8 Å². The minimum atomic E-state index is -3.83. The number of likely N-dealkylation sites (tertiary alicyclic amines) is 1. The number of amides is 2. The predicted molar refractivity (Wildman–Crippen MR) is 156 cm³/mol. The van der Waals surface area contributed by atoms with Gasteiger partial charge in [0.2, 0.25) is 15.9 Å². The van der Waals surface area contributed by atoms with Crippen LogP contribution in [0.25, 0.3) is 11.1 Å². The number of nitrogens with zero attached hydrogens (tertiary/aromatic N) is 1. The third-order valence-corrected chi connectivity index (χ3v) is 9.22. The van der Waals surface area contributed by atoms with Crippen LogP contribution in [0.4, 0.5) is 4.39 Å². The molecule has 0 radical (unpaired) electrons. The van der Waals surface area contributed by atoms with E-state index in [0.29, 0.717) is 35.3 Å². The Hall–Kier alpha value is -2.98. The Kier molecular flexibility index (Phi) is 8.18. The second-order valence-electron chi connectivity index (χ2n) is 12.8. The van der Waals surface area contributed by atoms with E-state index in [4.69, 9.17) is 4.74 Å². The van der Waals surface area contributed by atoms with Crippen molar-refractivity contribution in [2.24, 2.45) is 5.41 Å². The minimum Gasteiger partial charge on any atom is -0.490 e. The summed E-state index contributed by atoms with van der Waals surface area (Å²) in [4.78, 5) is 28.4. The zero-order chi connectivity index (χ0) is 29.5. The fraction of sp³-hybridized carbons (Fsp3) is 0.548. The van der Waals surface area contributed by atoms with Crippen LogP contribution in [-0.2, 0) is 14.8 Å². The van der Waals surface area contributed by atoms with Gasteiger partial charge in [-0.3, -0.25) is 14.5 Å². The lowest BCUT2D eigenvalue weighted by Gasteiger charge is -2.29. The second kappa shape index (κ2) is 11.4. The molecular formula is C31H40FN3O5S. The van der Waals surface area contributed by atoms with Gasteiger partial charge < -0.3 is 10.1 Å². The van der Waals surface area contributed by atoms with Crippen LogP contribution in [0.3, 0.4) is 0 Å². The van der Waals surface area contributed by atoms with Gasteiger partial charge in [0, 0.05) is 24.6 Å². The fourth-order valence-electron chi connectivity index (χ4n) is 6.66. The molecule has 2 aliphatic carbocycles. The van der Waals surface area contributed by atoms with Crippen LogP contribution in [0.1, 0.15) is 80.6 Å². The topological polar surface area (TPSA) is 105 Å². The summed E-state index contributed by atoms with van der Waals surface area (Å²) in [6, 6.07) is 9.52. The van der Waals surface area contributed by atoms with E-state index in [2.05, 4.69) is 28.8 Å². The number of benzene rings is 2. The highest BCUT2D eigenvalue weighted by molar-refractivity contribution is 7.89. The van der Waals surface area contributed by atoms with E-state index in [1.54, 1.807) is 24.3 Å². The Bertz CT molecular complexity index is 1440. The van der Waals surface area contributed by atoms with Crippen molar-refractivity contribution in [2.75, 3.05) is 19.8 Å². The van der Waals surface area contributed by atoms with Crippen molar-refractivity contribution >= 4 is 21.8 Å². The van der Waals surface area contributed by atoms with Gasteiger partial charge in [0.15, 0.2) is 0 Å². The third kappa shape index (κ3) is 6.59. The third-order valence-electron chi connectivity index (χ3n) is 8.67. The van der Waals surface area contributed by atoms with Crippen molar-refractivity contribution in [1.82, 2.24) is 14.9 Å². The number of hydrogen-bond acceptors (Lipinski definition) is 6. The largest absolute Gasteiger partial charge is 0.490 e. The van der Waals surface area contributed by atoms with E-state index in [9.17, 15) is 18.0 Å². The van der Waals surface area contributed by atoms with Crippen LogP contribution in [0.5, 0.6) is 5.75 Å². The summed E-state index contributed by atoms with van der Waals surface area (Å²) in [6.45, 7) is 5.22. The first-order chi connectivity index (χ1) is 19.3. The molecule has 2 aromatic rings. The van der Waals surface area contributed by atoms with Crippen molar-refractivity contribution in [1.29, 1.82) is 0 Å². The molecular weight excluding hydrogens is 545 g/mol. The van der Waals surface area contributed by atoms with Crippen molar-refractivity contribution < 1.29 is 27.1 Å². The molecule has 2 amide bonds. The average Bonchev–Trinajstić information content (AvgIpc) is 3.39. The van der Waals surface area contributed by atoms with Gasteiger partial charge in [-0.1, -0.05) is 38.5 Å². The normalized spacial score (nSPS) is 24.6. The van der Waals surface area contributed by atoms with Gasteiger partial charge in [0.1, 0.15) is 17.7 Å². The number of sulfonamides is 1. The van der Waals surface area contributed by atoms with Gasteiger partial charge in [-0.05, 0) is 79.8 Å². The number of halogens is 1. The molecule has 2 saturated carbocycles. The molecule has 0 bridgehead atoms. The van der Waals surface area contributed by atoms with Gasteiger partial charge in [0.05, 0.1) is 17.9 Å². The maximum absolute atomic E-state index is 15.2. The lowest BCUT2D eigenvalue weighted by atomic mass is 9.76. The maximum Gasteiger partial charge on any atom is 0.265 e. The summed E-state index contributed by atoms with van der Waals surface area (Å²) in [6.07, 6.45) is 6.26. The first-order valence-electron chi connectivity index (χ1n) is 14.4. The van der Waals surface area contributed by atoms with Crippen molar-refractivity contribution in [2.45, 2.75) is 82.9 Å². The van der Waals surface area contributed by atoms with Crippen LogP contribution in [0.2, 0.25) is 0 Å². The molecule has 5 rings (SSSR count). The zero-order valence-electron chi connectivity index (χ0n) is 24.2. The highest BCUT2D eigenvalue weighted by atomic mass is 32.2.